The van der Waals surface area contributed by atoms with E-state index in [1.54, 1.807) is 28.0 Å². The van der Waals surface area contributed by atoms with Crippen LogP contribution in [0.3, 0.4) is 0 Å². The quantitative estimate of drug-likeness (QED) is 0.692. The van der Waals surface area contributed by atoms with Crippen molar-refractivity contribution in [1.82, 2.24) is 4.90 Å². The van der Waals surface area contributed by atoms with Crippen LogP contribution in [0.25, 0.3) is 0 Å². The van der Waals surface area contributed by atoms with Gasteiger partial charge in [-0.2, -0.15) is 0 Å². The Morgan fingerprint density at radius 3 is 2.84 bits per heavy atom. The fraction of sp³-hybridized carbons (Fsp3) is 0.538. The lowest BCUT2D eigenvalue weighted by molar-refractivity contribution is -0.141. The lowest BCUT2D eigenvalue weighted by atomic mass is 10.3. The Morgan fingerprint density at radius 1 is 1.47 bits per heavy atom. The van der Waals surface area contributed by atoms with Crippen molar-refractivity contribution in [3.63, 3.8) is 0 Å². The number of thioether (sulfide) groups is 1. The smallest absolute Gasteiger partial charge is 0.307 e. The first-order valence-electron chi connectivity index (χ1n) is 6.12. The van der Waals surface area contributed by atoms with Crippen molar-refractivity contribution in [3.05, 3.63) is 22.4 Å². The molecule has 0 N–H and O–H groups in total. The van der Waals surface area contributed by atoms with E-state index in [9.17, 15) is 9.59 Å². The fourth-order valence-electron chi connectivity index (χ4n) is 1.51. The van der Waals surface area contributed by atoms with Gasteiger partial charge in [0.2, 0.25) is 5.91 Å². The van der Waals surface area contributed by atoms with Crippen LogP contribution in [-0.2, 0) is 20.1 Å². The molecule has 1 heterocycles. The molecule has 6 heteroatoms. The zero-order valence-electron chi connectivity index (χ0n) is 11.3. The second kappa shape index (κ2) is 8.98. The standard InChI is InChI=1S/C13H19NO3S2/c1-3-14(7-6-13(16)17-2)12(15)10-18-9-11-5-4-8-19-11/h4-5,8H,3,6-7,9-10H2,1-2H3. The van der Waals surface area contributed by atoms with Crippen molar-refractivity contribution in [1.29, 1.82) is 0 Å². The summed E-state index contributed by atoms with van der Waals surface area (Å²) in [5.74, 6) is 1.11. The maximum absolute atomic E-state index is 12.0. The van der Waals surface area contributed by atoms with Gasteiger partial charge >= 0.3 is 5.97 Å². The van der Waals surface area contributed by atoms with Crippen molar-refractivity contribution in [2.45, 2.75) is 19.1 Å². The molecule has 4 nitrogen and oxygen atoms in total. The summed E-state index contributed by atoms with van der Waals surface area (Å²) in [6.45, 7) is 2.97. The molecule has 0 aliphatic heterocycles. The molecule has 1 rings (SSSR count). The summed E-state index contributed by atoms with van der Waals surface area (Å²) < 4.78 is 4.57. The molecule has 1 amide bonds. The highest BCUT2D eigenvalue weighted by Gasteiger charge is 2.13. The minimum atomic E-state index is -0.280. The number of methoxy groups -OCH3 is 1. The summed E-state index contributed by atoms with van der Waals surface area (Å²) in [6.07, 6.45) is 0.256. The minimum absolute atomic E-state index is 0.0768. The molecule has 0 spiro atoms. The first-order chi connectivity index (χ1) is 9.17. The highest BCUT2D eigenvalue weighted by molar-refractivity contribution is 7.99. The molecule has 0 radical (unpaired) electrons. The van der Waals surface area contributed by atoms with Crippen molar-refractivity contribution in [3.8, 4) is 0 Å². The normalized spacial score (nSPS) is 10.2. The summed E-state index contributed by atoms with van der Waals surface area (Å²) in [6, 6.07) is 4.08. The third-order valence-electron chi connectivity index (χ3n) is 2.60. The highest BCUT2D eigenvalue weighted by atomic mass is 32.2. The van der Waals surface area contributed by atoms with Gasteiger partial charge in [-0.05, 0) is 18.4 Å². The number of carbonyl (C=O) groups excluding carboxylic acids is 2. The maximum atomic E-state index is 12.0. The molecule has 0 bridgehead atoms. The van der Waals surface area contributed by atoms with Crippen LogP contribution < -0.4 is 0 Å². The van der Waals surface area contributed by atoms with Gasteiger partial charge in [0, 0.05) is 23.7 Å². The van der Waals surface area contributed by atoms with Gasteiger partial charge < -0.3 is 9.64 Å². The van der Waals surface area contributed by atoms with Gasteiger partial charge in [0.05, 0.1) is 19.3 Å². The molecular weight excluding hydrogens is 282 g/mol. The van der Waals surface area contributed by atoms with E-state index in [-0.39, 0.29) is 18.3 Å². The number of hydrogen-bond acceptors (Lipinski definition) is 5. The predicted octanol–water partition coefficient (Wildman–Crippen LogP) is 2.39. The number of nitrogens with zero attached hydrogens (tertiary/aromatic N) is 1. The van der Waals surface area contributed by atoms with Crippen molar-refractivity contribution in [2.75, 3.05) is 26.0 Å². The zero-order valence-corrected chi connectivity index (χ0v) is 12.9. The summed E-state index contributed by atoms with van der Waals surface area (Å²) in [5, 5.41) is 2.03. The van der Waals surface area contributed by atoms with E-state index in [1.807, 2.05) is 18.4 Å². The Balaban J connectivity index is 2.26. The van der Waals surface area contributed by atoms with Gasteiger partial charge in [0.1, 0.15) is 0 Å². The lowest BCUT2D eigenvalue weighted by Crippen LogP contribution is -2.34. The maximum Gasteiger partial charge on any atom is 0.307 e. The molecule has 0 aliphatic carbocycles. The average Bonchev–Trinajstić information content (AvgIpc) is 2.92. The van der Waals surface area contributed by atoms with Crippen LogP contribution in [0.15, 0.2) is 17.5 Å². The van der Waals surface area contributed by atoms with Crippen LogP contribution in [0.5, 0.6) is 0 Å². The molecule has 0 atom stereocenters. The Morgan fingerprint density at radius 2 is 2.26 bits per heavy atom. The zero-order chi connectivity index (χ0) is 14.1. The van der Waals surface area contributed by atoms with E-state index in [2.05, 4.69) is 10.8 Å². The molecule has 1 aromatic heterocycles. The van der Waals surface area contributed by atoms with Gasteiger partial charge in [0.15, 0.2) is 0 Å². The average molecular weight is 301 g/mol. The number of rotatable bonds is 8. The van der Waals surface area contributed by atoms with Crippen molar-refractivity contribution < 1.29 is 14.3 Å². The Kier molecular flexibility index (Phi) is 7.59. The summed E-state index contributed by atoms with van der Waals surface area (Å²) in [4.78, 5) is 26.0. The second-order valence-corrected chi connectivity index (χ2v) is 5.89. The van der Waals surface area contributed by atoms with Gasteiger partial charge in [-0.1, -0.05) is 6.07 Å². The Bertz CT molecular complexity index is 393. The number of amides is 1. The topological polar surface area (TPSA) is 46.6 Å². The second-order valence-electron chi connectivity index (χ2n) is 3.87. The van der Waals surface area contributed by atoms with E-state index < -0.39 is 0 Å². The predicted molar refractivity (Wildman–Crippen MR) is 79.4 cm³/mol. The molecule has 0 aliphatic rings. The van der Waals surface area contributed by atoms with Crippen LogP contribution in [0.2, 0.25) is 0 Å². The number of thiophene rings is 1. The first kappa shape index (κ1) is 16.0. The molecule has 106 valence electrons. The lowest BCUT2D eigenvalue weighted by Gasteiger charge is -2.19. The van der Waals surface area contributed by atoms with Gasteiger partial charge in [-0.15, -0.1) is 23.1 Å². The van der Waals surface area contributed by atoms with Crippen LogP contribution in [0.4, 0.5) is 0 Å². The molecular formula is C13H19NO3S2. The third-order valence-corrected chi connectivity index (χ3v) is 4.62. The number of esters is 1. The summed E-state index contributed by atoms with van der Waals surface area (Å²) >= 11 is 3.30. The van der Waals surface area contributed by atoms with Crippen LogP contribution in [0.1, 0.15) is 18.2 Å². The Hall–Kier alpha value is -1.01. The Labute approximate surface area is 122 Å². The van der Waals surface area contributed by atoms with Gasteiger partial charge in [-0.25, -0.2) is 0 Å². The van der Waals surface area contributed by atoms with E-state index >= 15 is 0 Å². The monoisotopic (exact) mass is 301 g/mol. The van der Waals surface area contributed by atoms with E-state index in [0.717, 1.165) is 5.75 Å². The van der Waals surface area contributed by atoms with Gasteiger partial charge in [0.25, 0.3) is 0 Å². The number of carbonyl (C=O) groups is 2. The molecule has 0 saturated heterocycles. The number of hydrogen-bond donors (Lipinski definition) is 0. The largest absolute Gasteiger partial charge is 0.469 e. The first-order valence-corrected chi connectivity index (χ1v) is 8.15. The van der Waals surface area contributed by atoms with Crippen molar-refractivity contribution >= 4 is 35.0 Å². The molecule has 0 unspecified atom stereocenters. The summed E-state index contributed by atoms with van der Waals surface area (Å²) in [5.41, 5.74) is 0. The molecule has 1 aromatic rings. The summed E-state index contributed by atoms with van der Waals surface area (Å²) in [7, 11) is 1.36. The number of ether oxygens (including phenoxy) is 1. The van der Waals surface area contributed by atoms with Crippen LogP contribution in [-0.4, -0.2) is 42.7 Å². The molecule has 0 saturated carbocycles. The van der Waals surface area contributed by atoms with Crippen LogP contribution >= 0.6 is 23.1 Å². The van der Waals surface area contributed by atoms with E-state index in [0.29, 0.717) is 18.8 Å². The molecule has 0 aromatic carbocycles. The fourth-order valence-corrected chi connectivity index (χ4v) is 3.28. The van der Waals surface area contributed by atoms with E-state index in [4.69, 9.17) is 0 Å². The van der Waals surface area contributed by atoms with Crippen LogP contribution in [0, 0.1) is 0 Å². The third kappa shape index (κ3) is 6.11. The SMILES string of the molecule is CCN(CCC(=O)OC)C(=O)CSCc1cccs1. The minimum Gasteiger partial charge on any atom is -0.469 e. The highest BCUT2D eigenvalue weighted by Crippen LogP contribution is 2.17. The van der Waals surface area contributed by atoms with Crippen molar-refractivity contribution in [2.24, 2.45) is 0 Å². The van der Waals surface area contributed by atoms with E-state index in [1.165, 1.54) is 12.0 Å². The van der Waals surface area contributed by atoms with Gasteiger partial charge in [-0.3, -0.25) is 9.59 Å². The molecule has 0 fully saturated rings. The molecule has 19 heavy (non-hydrogen) atoms.